The lowest BCUT2D eigenvalue weighted by Crippen LogP contribution is -2.34. The monoisotopic (exact) mass is 298 g/mol. The highest BCUT2D eigenvalue weighted by Crippen LogP contribution is 2.30. The maximum atomic E-state index is 13.0. The van der Waals surface area contributed by atoms with Crippen LogP contribution in [-0.4, -0.2) is 25.2 Å². The van der Waals surface area contributed by atoms with Gasteiger partial charge in [-0.2, -0.15) is 0 Å². The van der Waals surface area contributed by atoms with Gasteiger partial charge in [-0.25, -0.2) is 4.39 Å². The van der Waals surface area contributed by atoms with E-state index in [0.717, 1.165) is 29.3 Å². The average Bonchev–Trinajstić information content (AvgIpc) is 2.96. The molecule has 0 amide bonds. The van der Waals surface area contributed by atoms with Crippen LogP contribution in [0.1, 0.15) is 19.3 Å². The summed E-state index contributed by atoms with van der Waals surface area (Å²) in [5.41, 5.74) is 1.10. The molecule has 4 heteroatoms. The maximum absolute atomic E-state index is 13.0. The van der Waals surface area contributed by atoms with Gasteiger partial charge in [-0.05, 0) is 53.4 Å². The number of halogens is 2. The smallest absolute Gasteiger partial charge is 0.124 e. The van der Waals surface area contributed by atoms with E-state index < -0.39 is 0 Å². The van der Waals surface area contributed by atoms with E-state index >= 15 is 0 Å². The largest absolute Gasteiger partial charge is 0.369 e. The van der Waals surface area contributed by atoms with Gasteiger partial charge in [0.05, 0.1) is 5.69 Å². The van der Waals surface area contributed by atoms with E-state index in [1.807, 2.05) is 6.07 Å². The number of nitrogens with one attached hydrogen (secondary N) is 1. The molecule has 1 N–H and O–H groups in total. The van der Waals surface area contributed by atoms with E-state index in [1.165, 1.54) is 31.4 Å². The molecule has 1 saturated heterocycles. The third kappa shape index (κ3) is 2.63. The molecule has 17 heavy (non-hydrogen) atoms. The van der Waals surface area contributed by atoms with E-state index in [0.29, 0.717) is 6.04 Å². The van der Waals surface area contributed by atoms with Gasteiger partial charge >= 0.3 is 0 Å². The lowest BCUT2D eigenvalue weighted by molar-refractivity contribution is 0.548. The molecule has 3 rings (SSSR count). The van der Waals surface area contributed by atoms with Crippen molar-refractivity contribution >= 4 is 21.6 Å². The van der Waals surface area contributed by atoms with Crippen LogP contribution in [0, 0.1) is 5.82 Å². The second-order valence-electron chi connectivity index (χ2n) is 4.97. The zero-order valence-corrected chi connectivity index (χ0v) is 11.2. The van der Waals surface area contributed by atoms with Gasteiger partial charge in [-0.1, -0.05) is 0 Å². The standard InChI is InChI=1S/C13H16BrFN2/c14-12-7-9(15)1-4-13(12)17-6-5-11(8-17)16-10-2-3-10/h1,4,7,10-11,16H,2-3,5-6,8H2. The number of nitrogens with zero attached hydrogens (tertiary/aromatic N) is 1. The minimum Gasteiger partial charge on any atom is -0.369 e. The van der Waals surface area contributed by atoms with Crippen LogP contribution in [-0.2, 0) is 0 Å². The molecular weight excluding hydrogens is 283 g/mol. The van der Waals surface area contributed by atoms with Gasteiger partial charge in [0.25, 0.3) is 0 Å². The molecular formula is C13H16BrFN2. The molecule has 1 aromatic carbocycles. The fourth-order valence-corrected chi connectivity index (χ4v) is 3.04. The van der Waals surface area contributed by atoms with Crippen molar-refractivity contribution in [2.24, 2.45) is 0 Å². The quantitative estimate of drug-likeness (QED) is 0.923. The highest BCUT2D eigenvalue weighted by molar-refractivity contribution is 9.10. The van der Waals surface area contributed by atoms with E-state index in [-0.39, 0.29) is 5.82 Å². The van der Waals surface area contributed by atoms with Gasteiger partial charge in [0, 0.05) is 29.6 Å². The van der Waals surface area contributed by atoms with E-state index in [4.69, 9.17) is 0 Å². The molecule has 1 heterocycles. The fraction of sp³-hybridized carbons (Fsp3) is 0.538. The van der Waals surface area contributed by atoms with Crippen LogP contribution >= 0.6 is 15.9 Å². The molecule has 92 valence electrons. The summed E-state index contributed by atoms with van der Waals surface area (Å²) in [7, 11) is 0. The first-order valence-electron chi connectivity index (χ1n) is 6.18. The highest BCUT2D eigenvalue weighted by atomic mass is 79.9. The second-order valence-corrected chi connectivity index (χ2v) is 5.82. The van der Waals surface area contributed by atoms with Gasteiger partial charge in [-0.15, -0.1) is 0 Å². The van der Waals surface area contributed by atoms with Gasteiger partial charge in [0.2, 0.25) is 0 Å². The van der Waals surface area contributed by atoms with E-state index in [2.05, 4.69) is 26.1 Å². The van der Waals surface area contributed by atoms with Gasteiger partial charge in [0.1, 0.15) is 5.82 Å². The Bertz CT molecular complexity index is 420. The summed E-state index contributed by atoms with van der Waals surface area (Å²) in [6.07, 6.45) is 3.84. The normalized spacial score (nSPS) is 24.4. The molecule has 0 radical (unpaired) electrons. The van der Waals surface area contributed by atoms with Crippen molar-refractivity contribution in [2.45, 2.75) is 31.3 Å². The van der Waals surface area contributed by atoms with Crippen LogP contribution in [0.2, 0.25) is 0 Å². The minimum absolute atomic E-state index is 0.188. The van der Waals surface area contributed by atoms with Gasteiger partial charge in [-0.3, -0.25) is 0 Å². The molecule has 0 spiro atoms. The van der Waals surface area contributed by atoms with Crippen LogP contribution < -0.4 is 10.2 Å². The van der Waals surface area contributed by atoms with Gasteiger partial charge in [0.15, 0.2) is 0 Å². The SMILES string of the molecule is Fc1ccc(N2CCC(NC3CC3)C2)c(Br)c1. The third-order valence-corrected chi connectivity index (χ3v) is 4.12. The predicted octanol–water partition coefficient (Wildman–Crippen LogP) is 2.92. The molecule has 1 aliphatic heterocycles. The van der Waals surface area contributed by atoms with Crippen molar-refractivity contribution < 1.29 is 4.39 Å². The average molecular weight is 299 g/mol. The lowest BCUT2D eigenvalue weighted by atomic mass is 10.2. The van der Waals surface area contributed by atoms with Crippen LogP contribution in [0.25, 0.3) is 0 Å². The zero-order valence-electron chi connectivity index (χ0n) is 9.63. The Kier molecular flexibility index (Phi) is 3.09. The van der Waals surface area contributed by atoms with Crippen molar-refractivity contribution in [1.29, 1.82) is 0 Å². The molecule has 1 unspecified atom stereocenters. The minimum atomic E-state index is -0.188. The number of anilines is 1. The highest BCUT2D eigenvalue weighted by Gasteiger charge is 2.29. The number of hydrogen-bond donors (Lipinski definition) is 1. The van der Waals surface area contributed by atoms with Crippen molar-refractivity contribution in [3.05, 3.63) is 28.5 Å². The molecule has 0 bridgehead atoms. The Hall–Kier alpha value is -0.610. The molecule has 2 aliphatic rings. The summed E-state index contributed by atoms with van der Waals surface area (Å²) in [5, 5.41) is 3.65. The number of rotatable bonds is 3. The zero-order chi connectivity index (χ0) is 11.8. The summed E-state index contributed by atoms with van der Waals surface area (Å²) < 4.78 is 13.9. The van der Waals surface area contributed by atoms with Crippen LogP contribution in [0.15, 0.2) is 22.7 Å². The molecule has 1 aromatic rings. The lowest BCUT2D eigenvalue weighted by Gasteiger charge is -2.20. The molecule has 2 nitrogen and oxygen atoms in total. The van der Waals surface area contributed by atoms with Crippen molar-refractivity contribution in [1.82, 2.24) is 5.32 Å². The van der Waals surface area contributed by atoms with Crippen molar-refractivity contribution in [2.75, 3.05) is 18.0 Å². The Balaban J connectivity index is 1.68. The first-order valence-corrected chi connectivity index (χ1v) is 6.98. The summed E-state index contributed by atoms with van der Waals surface area (Å²) in [5.74, 6) is -0.188. The summed E-state index contributed by atoms with van der Waals surface area (Å²) in [6.45, 7) is 2.08. The van der Waals surface area contributed by atoms with Crippen molar-refractivity contribution in [3.8, 4) is 0 Å². The fourth-order valence-electron chi connectivity index (χ4n) is 2.44. The van der Waals surface area contributed by atoms with Crippen LogP contribution in [0.3, 0.4) is 0 Å². The molecule has 1 saturated carbocycles. The summed E-state index contributed by atoms with van der Waals surface area (Å²) in [6, 6.07) is 6.29. The number of hydrogen-bond acceptors (Lipinski definition) is 2. The Morgan fingerprint density at radius 3 is 2.76 bits per heavy atom. The molecule has 1 aliphatic carbocycles. The van der Waals surface area contributed by atoms with Crippen LogP contribution in [0.5, 0.6) is 0 Å². The third-order valence-electron chi connectivity index (χ3n) is 3.49. The van der Waals surface area contributed by atoms with Crippen molar-refractivity contribution in [3.63, 3.8) is 0 Å². The van der Waals surface area contributed by atoms with E-state index in [9.17, 15) is 4.39 Å². The molecule has 2 fully saturated rings. The molecule has 1 atom stereocenters. The van der Waals surface area contributed by atoms with Crippen LogP contribution in [0.4, 0.5) is 10.1 Å². The Morgan fingerprint density at radius 2 is 2.06 bits per heavy atom. The summed E-state index contributed by atoms with van der Waals surface area (Å²) >= 11 is 3.44. The first-order chi connectivity index (χ1) is 8.22. The maximum Gasteiger partial charge on any atom is 0.124 e. The Labute approximate surface area is 109 Å². The number of benzene rings is 1. The predicted molar refractivity (Wildman–Crippen MR) is 70.9 cm³/mol. The molecule has 0 aromatic heterocycles. The van der Waals surface area contributed by atoms with E-state index in [1.54, 1.807) is 0 Å². The Morgan fingerprint density at radius 1 is 1.24 bits per heavy atom. The van der Waals surface area contributed by atoms with Gasteiger partial charge < -0.3 is 10.2 Å². The summed E-state index contributed by atoms with van der Waals surface area (Å²) in [4.78, 5) is 2.32. The first kappa shape index (κ1) is 11.5. The topological polar surface area (TPSA) is 15.3 Å². The second kappa shape index (κ2) is 4.58.